The van der Waals surface area contributed by atoms with Gasteiger partial charge in [0.15, 0.2) is 6.23 Å². The van der Waals surface area contributed by atoms with E-state index in [-0.39, 0.29) is 5.91 Å². The summed E-state index contributed by atoms with van der Waals surface area (Å²) >= 11 is 0. The fourth-order valence-electron chi connectivity index (χ4n) is 2.98. The van der Waals surface area contributed by atoms with E-state index in [9.17, 15) is 4.79 Å². The summed E-state index contributed by atoms with van der Waals surface area (Å²) in [4.78, 5) is 16.4. The smallest absolute Gasteiger partial charge is 0.267 e. The van der Waals surface area contributed by atoms with Gasteiger partial charge in [0.2, 0.25) is 0 Å². The van der Waals surface area contributed by atoms with E-state index in [0.717, 1.165) is 25.9 Å². The molecule has 0 aliphatic carbocycles. The average Bonchev–Trinajstić information content (AvgIpc) is 2.89. The molecule has 4 nitrogen and oxygen atoms in total. The molecule has 2 saturated heterocycles. The molecule has 2 aliphatic heterocycles. The summed E-state index contributed by atoms with van der Waals surface area (Å²) in [5.74, 6) is 0.132. The molecule has 0 saturated carbocycles. The molecular formula is C15H20N2O2. The predicted octanol–water partition coefficient (Wildman–Crippen LogP) is 1.47. The molecule has 0 radical (unpaired) electrons. The van der Waals surface area contributed by atoms with Gasteiger partial charge < -0.3 is 9.64 Å². The monoisotopic (exact) mass is 260 g/mol. The number of benzene rings is 1. The first-order valence-electron chi connectivity index (χ1n) is 6.92. The highest BCUT2D eigenvalue weighted by Crippen LogP contribution is 2.25. The molecule has 2 atom stereocenters. The van der Waals surface area contributed by atoms with Crippen LogP contribution in [0.5, 0.6) is 0 Å². The number of rotatable bonds is 3. The fourth-order valence-corrected chi connectivity index (χ4v) is 2.98. The van der Waals surface area contributed by atoms with Gasteiger partial charge in [0.25, 0.3) is 5.91 Å². The van der Waals surface area contributed by atoms with Crippen molar-refractivity contribution >= 4 is 5.91 Å². The van der Waals surface area contributed by atoms with Crippen molar-refractivity contribution in [2.75, 3.05) is 20.2 Å². The van der Waals surface area contributed by atoms with Crippen molar-refractivity contribution in [3.8, 4) is 0 Å². The maximum absolute atomic E-state index is 12.4. The van der Waals surface area contributed by atoms with Gasteiger partial charge in [0.1, 0.15) is 0 Å². The lowest BCUT2D eigenvalue weighted by Gasteiger charge is -2.38. The van der Waals surface area contributed by atoms with Gasteiger partial charge in [-0.05, 0) is 25.5 Å². The number of fused-ring (bicyclic) bond motifs is 1. The zero-order chi connectivity index (χ0) is 13.2. The van der Waals surface area contributed by atoms with E-state index in [1.165, 1.54) is 5.56 Å². The number of carbonyl (C=O) groups is 1. The third kappa shape index (κ3) is 2.51. The summed E-state index contributed by atoms with van der Waals surface area (Å²) in [6, 6.07) is 10.5. The molecular weight excluding hydrogens is 240 g/mol. The molecule has 2 heterocycles. The molecule has 0 aromatic heterocycles. The Hall–Kier alpha value is -1.39. The first kappa shape index (κ1) is 12.6. The van der Waals surface area contributed by atoms with E-state index in [4.69, 9.17) is 4.74 Å². The first-order valence-corrected chi connectivity index (χ1v) is 6.92. The molecule has 3 rings (SSSR count). The van der Waals surface area contributed by atoms with Gasteiger partial charge in [-0.1, -0.05) is 30.3 Å². The van der Waals surface area contributed by atoms with Gasteiger partial charge in [-0.15, -0.1) is 0 Å². The van der Waals surface area contributed by atoms with Crippen LogP contribution in [0.25, 0.3) is 0 Å². The van der Waals surface area contributed by atoms with E-state index >= 15 is 0 Å². The minimum Gasteiger partial charge on any atom is -0.351 e. The van der Waals surface area contributed by atoms with Crippen LogP contribution in [0.3, 0.4) is 0 Å². The number of amides is 1. The fraction of sp³-hybridized carbons (Fsp3) is 0.533. The molecule has 1 aromatic carbocycles. The van der Waals surface area contributed by atoms with Crippen molar-refractivity contribution in [2.24, 2.45) is 0 Å². The molecule has 0 bridgehead atoms. The molecule has 19 heavy (non-hydrogen) atoms. The van der Waals surface area contributed by atoms with Crippen LogP contribution in [0, 0.1) is 0 Å². The Morgan fingerprint density at radius 3 is 2.95 bits per heavy atom. The van der Waals surface area contributed by atoms with Crippen molar-refractivity contribution in [1.82, 2.24) is 9.80 Å². The second-order valence-corrected chi connectivity index (χ2v) is 5.41. The van der Waals surface area contributed by atoms with E-state index in [1.54, 1.807) is 0 Å². The second kappa shape index (κ2) is 5.31. The molecule has 1 aromatic rings. The summed E-state index contributed by atoms with van der Waals surface area (Å²) in [7, 11) is 1.95. The predicted molar refractivity (Wildman–Crippen MR) is 72.4 cm³/mol. The number of hydrogen-bond acceptors (Lipinski definition) is 3. The Labute approximate surface area is 113 Å². The van der Waals surface area contributed by atoms with E-state index < -0.39 is 6.23 Å². The van der Waals surface area contributed by atoms with Crippen molar-refractivity contribution in [3.05, 3.63) is 35.9 Å². The maximum Gasteiger partial charge on any atom is 0.267 e. The molecule has 2 aliphatic rings. The molecule has 1 amide bonds. The molecule has 0 N–H and O–H groups in total. The minimum atomic E-state index is -0.422. The lowest BCUT2D eigenvalue weighted by atomic mass is 10.2. The zero-order valence-corrected chi connectivity index (χ0v) is 11.3. The summed E-state index contributed by atoms with van der Waals surface area (Å²) in [5, 5.41) is 0. The van der Waals surface area contributed by atoms with Crippen LogP contribution in [0.1, 0.15) is 18.4 Å². The van der Waals surface area contributed by atoms with Crippen LogP contribution < -0.4 is 0 Å². The van der Waals surface area contributed by atoms with Crippen molar-refractivity contribution in [3.63, 3.8) is 0 Å². The van der Waals surface area contributed by atoms with E-state index in [0.29, 0.717) is 12.6 Å². The third-order valence-corrected chi connectivity index (χ3v) is 3.99. The standard InChI is InChI=1S/C15H20N2O2/c1-16(10-12-6-3-2-4-7-12)15-14(18)17-9-5-8-13(17)11-19-15/h2-4,6-7,13,15H,5,8-11H2,1H3/t13-,15-/m0/s1. The van der Waals surface area contributed by atoms with Crippen LogP contribution >= 0.6 is 0 Å². The molecule has 0 unspecified atom stereocenters. The van der Waals surface area contributed by atoms with Gasteiger partial charge in [-0.3, -0.25) is 9.69 Å². The molecule has 2 fully saturated rings. The van der Waals surface area contributed by atoms with Crippen LogP contribution in [0.15, 0.2) is 30.3 Å². The summed E-state index contributed by atoms with van der Waals surface area (Å²) in [6.45, 7) is 2.30. The SMILES string of the molecule is CN(Cc1ccccc1)[C@H]1OC[C@@H]2CCCN2C1=O. The number of ether oxygens (including phenoxy) is 1. The summed E-state index contributed by atoms with van der Waals surface area (Å²) in [6.07, 6.45) is 1.77. The minimum absolute atomic E-state index is 0.132. The molecule has 102 valence electrons. The van der Waals surface area contributed by atoms with Gasteiger partial charge in [0, 0.05) is 13.1 Å². The average molecular weight is 260 g/mol. The lowest BCUT2D eigenvalue weighted by molar-refractivity contribution is -0.173. The lowest BCUT2D eigenvalue weighted by Crippen LogP contribution is -2.56. The Balaban J connectivity index is 1.66. The molecule has 4 heteroatoms. The van der Waals surface area contributed by atoms with Gasteiger partial charge in [0.05, 0.1) is 12.6 Å². The Morgan fingerprint density at radius 2 is 2.16 bits per heavy atom. The highest BCUT2D eigenvalue weighted by Gasteiger charge is 2.40. The Kier molecular flexibility index (Phi) is 3.53. The number of carbonyl (C=O) groups excluding carboxylic acids is 1. The summed E-state index contributed by atoms with van der Waals surface area (Å²) in [5.41, 5.74) is 1.20. The number of likely N-dealkylation sites (N-methyl/N-ethyl adjacent to an activating group) is 1. The van der Waals surface area contributed by atoms with Crippen molar-refractivity contribution < 1.29 is 9.53 Å². The van der Waals surface area contributed by atoms with Crippen LogP contribution in [0.2, 0.25) is 0 Å². The third-order valence-electron chi connectivity index (χ3n) is 3.99. The number of nitrogens with zero attached hydrogens (tertiary/aromatic N) is 2. The van der Waals surface area contributed by atoms with E-state index in [2.05, 4.69) is 12.1 Å². The highest BCUT2D eigenvalue weighted by atomic mass is 16.5. The van der Waals surface area contributed by atoms with Crippen LogP contribution in [0.4, 0.5) is 0 Å². The number of morpholine rings is 1. The normalized spacial score (nSPS) is 26.8. The van der Waals surface area contributed by atoms with Gasteiger partial charge in [-0.2, -0.15) is 0 Å². The molecule has 0 spiro atoms. The van der Waals surface area contributed by atoms with Gasteiger partial charge in [-0.25, -0.2) is 0 Å². The zero-order valence-electron chi connectivity index (χ0n) is 11.3. The Morgan fingerprint density at radius 1 is 1.37 bits per heavy atom. The number of hydrogen-bond donors (Lipinski definition) is 0. The second-order valence-electron chi connectivity index (χ2n) is 5.41. The van der Waals surface area contributed by atoms with Crippen molar-refractivity contribution in [2.45, 2.75) is 31.7 Å². The quantitative estimate of drug-likeness (QED) is 0.825. The van der Waals surface area contributed by atoms with E-state index in [1.807, 2.05) is 35.0 Å². The van der Waals surface area contributed by atoms with Crippen molar-refractivity contribution in [1.29, 1.82) is 0 Å². The van der Waals surface area contributed by atoms with Gasteiger partial charge >= 0.3 is 0 Å². The topological polar surface area (TPSA) is 32.8 Å². The largest absolute Gasteiger partial charge is 0.351 e. The van der Waals surface area contributed by atoms with Crippen LogP contribution in [-0.2, 0) is 16.1 Å². The first-order chi connectivity index (χ1) is 9.25. The highest BCUT2D eigenvalue weighted by molar-refractivity contribution is 5.81. The van der Waals surface area contributed by atoms with Crippen LogP contribution in [-0.4, -0.2) is 48.2 Å². The Bertz CT molecular complexity index is 449. The summed E-state index contributed by atoms with van der Waals surface area (Å²) < 4.78 is 5.77. The maximum atomic E-state index is 12.4.